The molecule has 8 nitrogen and oxygen atoms in total. The molecular weight excluding hydrogens is 368 g/mol. The van der Waals surface area contributed by atoms with Gasteiger partial charge in [0.05, 0.1) is 36.8 Å². The molecule has 2 saturated heterocycles. The first-order chi connectivity index (χ1) is 14.2. The molecule has 29 heavy (non-hydrogen) atoms. The van der Waals surface area contributed by atoms with Gasteiger partial charge in [-0.2, -0.15) is 0 Å². The molecule has 2 aliphatic heterocycles. The van der Waals surface area contributed by atoms with Gasteiger partial charge >= 0.3 is 0 Å². The minimum Gasteiger partial charge on any atom is -0.376 e. The third-order valence-electron chi connectivity index (χ3n) is 6.30. The summed E-state index contributed by atoms with van der Waals surface area (Å²) in [5, 5.41) is 13.7. The third kappa shape index (κ3) is 3.47. The molecule has 2 N–H and O–H groups in total. The zero-order chi connectivity index (χ0) is 19.8. The van der Waals surface area contributed by atoms with Gasteiger partial charge in [-0.1, -0.05) is 18.2 Å². The van der Waals surface area contributed by atoms with Gasteiger partial charge in [0.1, 0.15) is 0 Å². The number of nitrogens with one attached hydrogen (secondary N) is 2. The molecule has 0 aliphatic carbocycles. The van der Waals surface area contributed by atoms with Gasteiger partial charge < -0.3 is 14.6 Å². The van der Waals surface area contributed by atoms with Gasteiger partial charge in [0, 0.05) is 19.4 Å². The number of rotatable bonds is 5. The number of likely N-dealkylation sites (tertiary alicyclic amines) is 1. The molecule has 2 aromatic heterocycles. The second kappa shape index (κ2) is 7.68. The average Bonchev–Trinajstić information content (AvgIpc) is 3.48. The van der Waals surface area contributed by atoms with Crippen LogP contribution in [-0.2, 0) is 11.3 Å². The summed E-state index contributed by atoms with van der Waals surface area (Å²) in [6.45, 7) is 5.48. The number of hydrogen-bond acceptors (Lipinski definition) is 5. The maximum absolute atomic E-state index is 13.2. The van der Waals surface area contributed by atoms with Crippen molar-refractivity contribution in [2.24, 2.45) is 0 Å². The normalized spacial score (nSPS) is 21.2. The van der Waals surface area contributed by atoms with Crippen molar-refractivity contribution < 1.29 is 9.64 Å². The van der Waals surface area contributed by atoms with Gasteiger partial charge in [0.25, 0.3) is 5.56 Å². The van der Waals surface area contributed by atoms with Crippen LogP contribution in [0.5, 0.6) is 0 Å². The van der Waals surface area contributed by atoms with Crippen LogP contribution in [0.25, 0.3) is 10.9 Å². The summed E-state index contributed by atoms with van der Waals surface area (Å²) in [5.74, 6) is 0.759. The van der Waals surface area contributed by atoms with E-state index >= 15 is 0 Å². The van der Waals surface area contributed by atoms with Crippen molar-refractivity contribution in [1.82, 2.24) is 25.2 Å². The molecule has 5 rings (SSSR count). The van der Waals surface area contributed by atoms with E-state index in [1.165, 1.54) is 4.90 Å². The SMILES string of the molecule is Cc1cccc2cc([C@H](c3nnnn3C[C@H]3CCCO3)[NH+]3CCCC3)c(=O)[nH]c12. The Morgan fingerprint density at radius 1 is 1.31 bits per heavy atom. The van der Waals surface area contributed by atoms with Crippen LogP contribution < -0.4 is 10.5 Å². The second-order valence-corrected chi connectivity index (χ2v) is 8.25. The first kappa shape index (κ1) is 18.4. The minimum atomic E-state index is -0.178. The average molecular weight is 395 g/mol. The standard InChI is InChI=1S/C21H26N6O2/c1-14-6-4-7-15-12-17(21(28)22-18(14)15)19(26-9-2-3-10-26)20-23-24-25-27(20)13-16-8-5-11-29-16/h4,6-7,12,16,19H,2-3,5,8-11,13H2,1H3,(H,22,28)/p+1/t16-,19-/m1/s1. The van der Waals surface area contributed by atoms with E-state index in [-0.39, 0.29) is 17.7 Å². The fraction of sp³-hybridized carbons (Fsp3) is 0.524. The number of nitrogens with zero attached hydrogens (tertiary/aromatic N) is 4. The molecule has 0 saturated carbocycles. The summed E-state index contributed by atoms with van der Waals surface area (Å²) in [6, 6.07) is 7.94. The Hall–Kier alpha value is -2.58. The highest BCUT2D eigenvalue weighted by Crippen LogP contribution is 2.22. The van der Waals surface area contributed by atoms with Gasteiger partial charge in [-0.15, -0.1) is 5.10 Å². The Labute approximate surface area is 168 Å². The first-order valence-electron chi connectivity index (χ1n) is 10.6. The van der Waals surface area contributed by atoms with Gasteiger partial charge in [0.15, 0.2) is 6.04 Å². The number of aromatic nitrogens is 5. The summed E-state index contributed by atoms with van der Waals surface area (Å²) in [5.41, 5.74) is 2.65. The van der Waals surface area contributed by atoms with Crippen LogP contribution in [-0.4, -0.2) is 51.0 Å². The van der Waals surface area contributed by atoms with Crippen molar-refractivity contribution >= 4 is 10.9 Å². The molecule has 8 heteroatoms. The number of H-pyrrole nitrogens is 1. The highest BCUT2D eigenvalue weighted by atomic mass is 16.5. The van der Waals surface area contributed by atoms with E-state index < -0.39 is 0 Å². The lowest BCUT2D eigenvalue weighted by Crippen LogP contribution is -3.10. The zero-order valence-electron chi connectivity index (χ0n) is 16.7. The van der Waals surface area contributed by atoms with Crippen LogP contribution in [0.2, 0.25) is 0 Å². The fourth-order valence-electron chi connectivity index (χ4n) is 4.80. The van der Waals surface area contributed by atoms with E-state index in [1.807, 2.05) is 35.9 Å². The lowest BCUT2D eigenvalue weighted by Gasteiger charge is -2.24. The number of fused-ring (bicyclic) bond motifs is 1. The Morgan fingerprint density at radius 2 is 2.17 bits per heavy atom. The van der Waals surface area contributed by atoms with Crippen LogP contribution in [0.3, 0.4) is 0 Å². The Morgan fingerprint density at radius 3 is 2.97 bits per heavy atom. The van der Waals surface area contributed by atoms with Crippen LogP contribution in [0.1, 0.15) is 48.7 Å². The van der Waals surface area contributed by atoms with Crippen LogP contribution in [0, 0.1) is 6.92 Å². The van der Waals surface area contributed by atoms with E-state index in [0.29, 0.717) is 6.54 Å². The highest BCUT2D eigenvalue weighted by Gasteiger charge is 2.36. The number of ether oxygens (including phenoxy) is 1. The van der Waals surface area contributed by atoms with Crippen molar-refractivity contribution in [3.05, 3.63) is 51.6 Å². The predicted molar refractivity (Wildman–Crippen MR) is 108 cm³/mol. The molecule has 4 heterocycles. The van der Waals surface area contributed by atoms with E-state index in [9.17, 15) is 4.79 Å². The second-order valence-electron chi connectivity index (χ2n) is 8.25. The monoisotopic (exact) mass is 395 g/mol. The van der Waals surface area contributed by atoms with Gasteiger partial charge in [-0.3, -0.25) is 4.79 Å². The van der Waals surface area contributed by atoms with Crippen molar-refractivity contribution in [2.75, 3.05) is 19.7 Å². The summed E-state index contributed by atoms with van der Waals surface area (Å²) >= 11 is 0. The highest BCUT2D eigenvalue weighted by molar-refractivity contribution is 5.82. The van der Waals surface area contributed by atoms with Crippen molar-refractivity contribution in [1.29, 1.82) is 0 Å². The number of aromatic amines is 1. The number of benzene rings is 1. The number of pyridine rings is 1. The molecule has 2 fully saturated rings. The molecule has 0 unspecified atom stereocenters. The van der Waals surface area contributed by atoms with Crippen LogP contribution in [0.4, 0.5) is 0 Å². The van der Waals surface area contributed by atoms with Crippen LogP contribution in [0.15, 0.2) is 29.1 Å². The molecule has 0 bridgehead atoms. The largest absolute Gasteiger partial charge is 0.376 e. The number of quaternary nitrogens is 1. The molecule has 152 valence electrons. The van der Waals surface area contributed by atoms with Crippen molar-refractivity contribution in [3.8, 4) is 0 Å². The molecular formula is C21H27N6O2+. The summed E-state index contributed by atoms with van der Waals surface area (Å²) in [4.78, 5) is 17.6. The Bertz CT molecular complexity index is 1060. The summed E-state index contributed by atoms with van der Waals surface area (Å²) in [7, 11) is 0. The molecule has 0 spiro atoms. The smallest absolute Gasteiger partial charge is 0.258 e. The summed E-state index contributed by atoms with van der Waals surface area (Å²) in [6.07, 6.45) is 4.56. The fourth-order valence-corrected chi connectivity index (χ4v) is 4.80. The first-order valence-corrected chi connectivity index (χ1v) is 10.6. The minimum absolute atomic E-state index is 0.0529. The van der Waals surface area contributed by atoms with Crippen LogP contribution >= 0.6 is 0 Å². The van der Waals surface area contributed by atoms with E-state index in [4.69, 9.17) is 4.74 Å². The summed E-state index contributed by atoms with van der Waals surface area (Å²) < 4.78 is 7.65. The van der Waals surface area contributed by atoms with Gasteiger partial charge in [-0.05, 0) is 47.2 Å². The Balaban J connectivity index is 1.60. The number of tetrazole rings is 1. The lowest BCUT2D eigenvalue weighted by atomic mass is 10.0. The maximum atomic E-state index is 13.2. The molecule has 1 aromatic carbocycles. The zero-order valence-corrected chi connectivity index (χ0v) is 16.7. The predicted octanol–water partition coefficient (Wildman–Crippen LogP) is 0.770. The molecule has 2 aliphatic rings. The quantitative estimate of drug-likeness (QED) is 0.666. The van der Waals surface area contributed by atoms with E-state index in [2.05, 4.69) is 20.5 Å². The number of hydrogen-bond donors (Lipinski definition) is 2. The third-order valence-corrected chi connectivity index (χ3v) is 6.30. The molecule has 0 radical (unpaired) electrons. The molecule has 3 aromatic rings. The molecule has 0 amide bonds. The van der Waals surface area contributed by atoms with Crippen molar-refractivity contribution in [3.63, 3.8) is 0 Å². The number of aryl methyl sites for hydroxylation is 1. The van der Waals surface area contributed by atoms with Crippen molar-refractivity contribution in [2.45, 2.75) is 51.3 Å². The topological polar surface area (TPSA) is 90.1 Å². The van der Waals surface area contributed by atoms with Gasteiger partial charge in [-0.25, -0.2) is 4.68 Å². The Kier molecular flexibility index (Phi) is 4.89. The van der Waals surface area contributed by atoms with E-state index in [1.54, 1.807) is 0 Å². The number of para-hydroxylation sites is 1. The van der Waals surface area contributed by atoms with Gasteiger partial charge in [0.2, 0.25) is 5.82 Å². The van der Waals surface area contributed by atoms with E-state index in [0.717, 1.165) is 73.2 Å². The maximum Gasteiger partial charge on any atom is 0.258 e. The molecule has 2 atom stereocenters. The lowest BCUT2D eigenvalue weighted by molar-refractivity contribution is -0.914.